The lowest BCUT2D eigenvalue weighted by Crippen LogP contribution is -2.51. The van der Waals surface area contributed by atoms with Gasteiger partial charge in [0.2, 0.25) is 0 Å². The lowest BCUT2D eigenvalue weighted by atomic mass is 9.76. The van der Waals surface area contributed by atoms with Crippen molar-refractivity contribution >= 4 is 5.78 Å². The first-order valence-electron chi connectivity index (χ1n) is 7.56. The van der Waals surface area contributed by atoms with Gasteiger partial charge in [-0.1, -0.05) is 6.42 Å². The molecule has 1 aromatic rings. The molecule has 2 saturated heterocycles. The number of ketones is 1. The molecule has 21 heavy (non-hydrogen) atoms. The van der Waals surface area contributed by atoms with Crippen molar-refractivity contribution in [1.29, 1.82) is 5.26 Å². The predicted molar refractivity (Wildman–Crippen MR) is 77.4 cm³/mol. The highest BCUT2D eigenvalue weighted by Gasteiger charge is 2.39. The molecule has 0 aliphatic carbocycles. The van der Waals surface area contributed by atoms with Gasteiger partial charge in [-0.2, -0.15) is 5.26 Å². The number of rotatable bonds is 2. The summed E-state index contributed by atoms with van der Waals surface area (Å²) in [6.07, 6.45) is 5.14. The zero-order chi connectivity index (χ0) is 15.0. The van der Waals surface area contributed by atoms with E-state index in [0.717, 1.165) is 31.7 Å². The monoisotopic (exact) mass is 286 g/mol. The van der Waals surface area contributed by atoms with Crippen LogP contribution in [-0.4, -0.2) is 29.8 Å². The second-order valence-electron chi connectivity index (χ2n) is 6.24. The third-order valence-corrected chi connectivity index (χ3v) is 5.07. The van der Waals surface area contributed by atoms with Gasteiger partial charge in [-0.05, 0) is 50.9 Å². The zero-order valence-corrected chi connectivity index (χ0v) is 12.2. The summed E-state index contributed by atoms with van der Waals surface area (Å²) in [4.78, 5) is 15.0. The van der Waals surface area contributed by atoms with Gasteiger partial charge in [0.15, 0.2) is 5.78 Å². The van der Waals surface area contributed by atoms with E-state index in [1.807, 2.05) is 6.07 Å². The largest absolute Gasteiger partial charge is 0.300 e. The molecule has 2 aliphatic heterocycles. The SMILES string of the molecule is CN1C2CCCC1CC(C(=O)c1ccc(C#N)cc1F)C2. The van der Waals surface area contributed by atoms with Crippen molar-refractivity contribution in [2.75, 3.05) is 7.05 Å². The second kappa shape index (κ2) is 5.57. The Balaban J connectivity index is 1.81. The molecule has 3 rings (SSSR count). The number of benzene rings is 1. The summed E-state index contributed by atoms with van der Waals surface area (Å²) >= 11 is 0. The van der Waals surface area contributed by atoms with Crippen molar-refractivity contribution in [1.82, 2.24) is 4.90 Å². The average molecular weight is 286 g/mol. The van der Waals surface area contributed by atoms with Gasteiger partial charge < -0.3 is 4.90 Å². The number of carbonyl (C=O) groups is 1. The van der Waals surface area contributed by atoms with E-state index in [1.54, 1.807) is 0 Å². The zero-order valence-electron chi connectivity index (χ0n) is 12.2. The van der Waals surface area contributed by atoms with Gasteiger partial charge >= 0.3 is 0 Å². The van der Waals surface area contributed by atoms with Gasteiger partial charge in [0.25, 0.3) is 0 Å². The van der Waals surface area contributed by atoms with Crippen molar-refractivity contribution in [3.8, 4) is 6.07 Å². The van der Waals surface area contributed by atoms with Gasteiger partial charge in [0.1, 0.15) is 5.82 Å². The van der Waals surface area contributed by atoms with E-state index >= 15 is 0 Å². The Bertz CT molecular complexity index is 593. The van der Waals surface area contributed by atoms with Crippen LogP contribution in [0.3, 0.4) is 0 Å². The summed E-state index contributed by atoms with van der Waals surface area (Å²) < 4.78 is 14.0. The van der Waals surface area contributed by atoms with E-state index in [0.29, 0.717) is 12.1 Å². The van der Waals surface area contributed by atoms with Crippen LogP contribution in [0.15, 0.2) is 18.2 Å². The first-order valence-corrected chi connectivity index (χ1v) is 7.56. The minimum Gasteiger partial charge on any atom is -0.300 e. The van der Waals surface area contributed by atoms with Crippen molar-refractivity contribution in [3.63, 3.8) is 0 Å². The van der Waals surface area contributed by atoms with Crippen molar-refractivity contribution < 1.29 is 9.18 Å². The maximum atomic E-state index is 14.0. The van der Waals surface area contributed by atoms with Gasteiger partial charge in [0, 0.05) is 18.0 Å². The van der Waals surface area contributed by atoms with Crippen LogP contribution in [0, 0.1) is 23.1 Å². The number of halogens is 1. The third-order valence-electron chi connectivity index (χ3n) is 5.07. The molecule has 1 aromatic carbocycles. The summed E-state index contributed by atoms with van der Waals surface area (Å²) in [5, 5.41) is 8.77. The predicted octanol–water partition coefficient (Wildman–Crippen LogP) is 3.14. The Morgan fingerprint density at radius 1 is 1.33 bits per heavy atom. The minimum absolute atomic E-state index is 0.0843. The van der Waals surface area contributed by atoms with E-state index in [1.165, 1.54) is 18.6 Å². The lowest BCUT2D eigenvalue weighted by molar-refractivity contribution is 0.0337. The lowest BCUT2D eigenvalue weighted by Gasteiger charge is -2.46. The molecule has 0 spiro atoms. The Kier molecular flexibility index (Phi) is 3.77. The number of hydrogen-bond acceptors (Lipinski definition) is 3. The molecule has 2 bridgehead atoms. The van der Waals surface area contributed by atoms with E-state index < -0.39 is 5.82 Å². The van der Waals surface area contributed by atoms with E-state index in [-0.39, 0.29) is 22.8 Å². The van der Waals surface area contributed by atoms with Crippen LogP contribution in [0.5, 0.6) is 0 Å². The molecule has 2 aliphatic rings. The smallest absolute Gasteiger partial charge is 0.169 e. The number of hydrogen-bond donors (Lipinski definition) is 0. The molecule has 0 aromatic heterocycles. The normalized spacial score (nSPS) is 28.9. The molecule has 0 radical (unpaired) electrons. The maximum absolute atomic E-state index is 14.0. The summed E-state index contributed by atoms with van der Waals surface area (Å²) in [6.45, 7) is 0. The first-order chi connectivity index (χ1) is 10.1. The molecule has 0 amide bonds. The number of nitrogens with zero attached hydrogens (tertiary/aromatic N) is 2. The molecule has 4 heteroatoms. The molecule has 3 nitrogen and oxygen atoms in total. The minimum atomic E-state index is -0.567. The first kappa shape index (κ1) is 14.2. The van der Waals surface area contributed by atoms with Crippen molar-refractivity contribution in [3.05, 3.63) is 35.1 Å². The maximum Gasteiger partial charge on any atom is 0.169 e. The highest BCUT2D eigenvalue weighted by Crippen LogP contribution is 2.37. The molecule has 110 valence electrons. The highest BCUT2D eigenvalue weighted by molar-refractivity contribution is 5.98. The standard InChI is InChI=1S/C17H19FN2O/c1-20-13-3-2-4-14(20)9-12(8-13)17(21)15-6-5-11(10-19)7-16(15)18/h5-7,12-14H,2-4,8-9H2,1H3. The van der Waals surface area contributed by atoms with E-state index in [9.17, 15) is 9.18 Å². The fourth-order valence-electron chi connectivity index (χ4n) is 3.83. The highest BCUT2D eigenvalue weighted by atomic mass is 19.1. The Labute approximate surface area is 124 Å². The molecular weight excluding hydrogens is 267 g/mol. The quantitative estimate of drug-likeness (QED) is 0.784. The molecular formula is C17H19FN2O. The van der Waals surface area contributed by atoms with Gasteiger partial charge in [0.05, 0.1) is 17.2 Å². The van der Waals surface area contributed by atoms with Crippen LogP contribution in [0.4, 0.5) is 4.39 Å². The third kappa shape index (κ3) is 2.58. The van der Waals surface area contributed by atoms with E-state index in [2.05, 4.69) is 11.9 Å². The number of carbonyl (C=O) groups excluding carboxylic acids is 1. The fourth-order valence-corrected chi connectivity index (χ4v) is 3.83. The second-order valence-corrected chi connectivity index (χ2v) is 6.24. The summed E-state index contributed by atoms with van der Waals surface area (Å²) in [6, 6.07) is 6.94. The Morgan fingerprint density at radius 2 is 2.00 bits per heavy atom. The number of nitriles is 1. The number of fused-ring (bicyclic) bond motifs is 2. The van der Waals surface area contributed by atoms with Crippen LogP contribution in [0.25, 0.3) is 0 Å². The van der Waals surface area contributed by atoms with Crippen LogP contribution in [0.1, 0.15) is 48.0 Å². The van der Waals surface area contributed by atoms with Crippen LogP contribution in [0.2, 0.25) is 0 Å². The van der Waals surface area contributed by atoms with Gasteiger partial charge in [-0.15, -0.1) is 0 Å². The fraction of sp³-hybridized carbons (Fsp3) is 0.529. The van der Waals surface area contributed by atoms with Gasteiger partial charge in [-0.25, -0.2) is 4.39 Å². The van der Waals surface area contributed by atoms with Crippen LogP contribution >= 0.6 is 0 Å². The van der Waals surface area contributed by atoms with Crippen molar-refractivity contribution in [2.45, 2.75) is 44.2 Å². The van der Waals surface area contributed by atoms with Crippen LogP contribution in [-0.2, 0) is 0 Å². The number of Topliss-reactive ketones (excluding diaryl/α,β-unsaturated/α-hetero) is 1. The Hall–Kier alpha value is -1.73. The molecule has 2 fully saturated rings. The van der Waals surface area contributed by atoms with Crippen LogP contribution < -0.4 is 0 Å². The van der Waals surface area contributed by atoms with Gasteiger partial charge in [-0.3, -0.25) is 4.79 Å². The molecule has 2 atom stereocenters. The number of piperidine rings is 2. The summed E-state index contributed by atoms with van der Waals surface area (Å²) in [5.74, 6) is -0.746. The molecule has 2 unspecified atom stereocenters. The molecule has 0 N–H and O–H groups in total. The molecule has 2 heterocycles. The summed E-state index contributed by atoms with van der Waals surface area (Å²) in [5.41, 5.74) is 0.394. The topological polar surface area (TPSA) is 44.1 Å². The van der Waals surface area contributed by atoms with Crippen molar-refractivity contribution in [2.24, 2.45) is 5.92 Å². The van der Waals surface area contributed by atoms with E-state index in [4.69, 9.17) is 5.26 Å². The molecule has 0 saturated carbocycles. The summed E-state index contributed by atoms with van der Waals surface area (Å²) in [7, 11) is 2.14. The average Bonchev–Trinajstić information content (AvgIpc) is 2.46. The Morgan fingerprint density at radius 3 is 2.57 bits per heavy atom.